The third kappa shape index (κ3) is 5.81. The standard InChI is InChI=1S/C20H24N2O4/c1-14(2)26-17-11-9-16(10-12-17)15(3)21-22-20(23)13-25-19-8-6-5-7-18(19)24-4/h5-12,14H,13H2,1-4H3,(H,22,23)/b21-15-. The third-order valence-electron chi connectivity index (χ3n) is 3.42. The molecule has 0 bridgehead atoms. The fourth-order valence-electron chi connectivity index (χ4n) is 2.17. The summed E-state index contributed by atoms with van der Waals surface area (Å²) in [5, 5.41) is 4.10. The minimum absolute atomic E-state index is 0.123. The fraction of sp³-hybridized carbons (Fsp3) is 0.300. The number of benzene rings is 2. The lowest BCUT2D eigenvalue weighted by atomic mass is 10.1. The second-order valence-corrected chi connectivity index (χ2v) is 5.86. The molecule has 2 aromatic rings. The zero-order valence-electron chi connectivity index (χ0n) is 15.5. The van der Waals surface area contributed by atoms with Crippen molar-refractivity contribution in [1.82, 2.24) is 5.43 Å². The first-order valence-electron chi connectivity index (χ1n) is 8.35. The predicted molar refractivity (Wildman–Crippen MR) is 101 cm³/mol. The molecule has 0 aliphatic carbocycles. The van der Waals surface area contributed by atoms with Crippen molar-refractivity contribution >= 4 is 11.6 Å². The van der Waals surface area contributed by atoms with E-state index in [1.807, 2.05) is 57.2 Å². The molecule has 0 saturated heterocycles. The zero-order chi connectivity index (χ0) is 18.9. The molecule has 138 valence electrons. The van der Waals surface area contributed by atoms with Crippen LogP contribution in [0.4, 0.5) is 0 Å². The van der Waals surface area contributed by atoms with Gasteiger partial charge < -0.3 is 14.2 Å². The maximum atomic E-state index is 11.9. The van der Waals surface area contributed by atoms with Gasteiger partial charge in [0.2, 0.25) is 0 Å². The van der Waals surface area contributed by atoms with Gasteiger partial charge in [-0.2, -0.15) is 5.10 Å². The minimum atomic E-state index is -0.352. The van der Waals surface area contributed by atoms with Crippen LogP contribution in [0, 0.1) is 0 Å². The molecule has 0 saturated carbocycles. The third-order valence-corrected chi connectivity index (χ3v) is 3.42. The summed E-state index contributed by atoms with van der Waals surface area (Å²) in [4.78, 5) is 11.9. The zero-order valence-corrected chi connectivity index (χ0v) is 15.5. The van der Waals surface area contributed by atoms with Gasteiger partial charge in [0.15, 0.2) is 18.1 Å². The summed E-state index contributed by atoms with van der Waals surface area (Å²) in [6.45, 7) is 5.62. The second kappa shape index (κ2) is 9.46. The van der Waals surface area contributed by atoms with Crippen LogP contribution in [0.5, 0.6) is 17.2 Å². The van der Waals surface area contributed by atoms with Gasteiger partial charge in [0.1, 0.15) is 5.75 Å². The van der Waals surface area contributed by atoms with E-state index < -0.39 is 0 Å². The summed E-state index contributed by atoms with van der Waals surface area (Å²) >= 11 is 0. The Morgan fingerprint density at radius 3 is 2.35 bits per heavy atom. The van der Waals surface area contributed by atoms with E-state index in [9.17, 15) is 4.79 Å². The van der Waals surface area contributed by atoms with E-state index in [0.717, 1.165) is 11.3 Å². The number of carbonyl (C=O) groups excluding carboxylic acids is 1. The van der Waals surface area contributed by atoms with Crippen molar-refractivity contribution in [3.05, 3.63) is 54.1 Å². The van der Waals surface area contributed by atoms with Crippen LogP contribution >= 0.6 is 0 Å². The van der Waals surface area contributed by atoms with Gasteiger partial charge >= 0.3 is 0 Å². The molecule has 6 heteroatoms. The van der Waals surface area contributed by atoms with Crippen LogP contribution in [0.2, 0.25) is 0 Å². The maximum Gasteiger partial charge on any atom is 0.277 e. The van der Waals surface area contributed by atoms with E-state index in [0.29, 0.717) is 17.2 Å². The molecule has 0 aliphatic rings. The Bertz CT molecular complexity index is 755. The van der Waals surface area contributed by atoms with Crippen LogP contribution < -0.4 is 19.6 Å². The normalized spacial score (nSPS) is 11.2. The summed E-state index contributed by atoms with van der Waals surface area (Å²) < 4.78 is 16.2. The van der Waals surface area contributed by atoms with Gasteiger partial charge in [0.25, 0.3) is 5.91 Å². The molecule has 2 rings (SSSR count). The highest BCUT2D eigenvalue weighted by Crippen LogP contribution is 2.25. The van der Waals surface area contributed by atoms with E-state index in [1.165, 1.54) is 0 Å². The summed E-state index contributed by atoms with van der Waals surface area (Å²) in [5.41, 5.74) is 4.07. The fourth-order valence-corrected chi connectivity index (χ4v) is 2.17. The van der Waals surface area contributed by atoms with Gasteiger partial charge in [-0.1, -0.05) is 12.1 Å². The lowest BCUT2D eigenvalue weighted by molar-refractivity contribution is -0.123. The summed E-state index contributed by atoms with van der Waals surface area (Å²) in [5.74, 6) is 1.52. The van der Waals surface area contributed by atoms with E-state index in [4.69, 9.17) is 14.2 Å². The topological polar surface area (TPSA) is 69.2 Å². The number of carbonyl (C=O) groups is 1. The van der Waals surface area contributed by atoms with Crippen LogP contribution in [0.25, 0.3) is 0 Å². The number of hydrogen-bond acceptors (Lipinski definition) is 5. The molecule has 0 aromatic heterocycles. The highest BCUT2D eigenvalue weighted by atomic mass is 16.5. The van der Waals surface area contributed by atoms with Crippen molar-refractivity contribution in [3.63, 3.8) is 0 Å². The van der Waals surface area contributed by atoms with Crippen molar-refractivity contribution in [1.29, 1.82) is 0 Å². The first kappa shape index (κ1) is 19.3. The number of nitrogens with zero attached hydrogens (tertiary/aromatic N) is 1. The number of rotatable bonds is 8. The maximum absolute atomic E-state index is 11.9. The first-order chi connectivity index (χ1) is 12.5. The Morgan fingerprint density at radius 1 is 1.08 bits per heavy atom. The number of ether oxygens (including phenoxy) is 3. The molecule has 26 heavy (non-hydrogen) atoms. The highest BCUT2D eigenvalue weighted by molar-refractivity contribution is 5.99. The Hall–Kier alpha value is -3.02. The molecule has 0 heterocycles. The average molecular weight is 356 g/mol. The molecule has 0 unspecified atom stereocenters. The van der Waals surface area contributed by atoms with Crippen molar-refractivity contribution in [2.24, 2.45) is 5.10 Å². The van der Waals surface area contributed by atoms with Gasteiger partial charge in [-0.05, 0) is 62.7 Å². The van der Waals surface area contributed by atoms with E-state index in [2.05, 4.69) is 10.5 Å². The van der Waals surface area contributed by atoms with E-state index >= 15 is 0 Å². The molecule has 6 nitrogen and oxygen atoms in total. The van der Waals surface area contributed by atoms with Gasteiger partial charge in [-0.15, -0.1) is 0 Å². The van der Waals surface area contributed by atoms with Gasteiger partial charge in [0, 0.05) is 0 Å². The number of hydrazone groups is 1. The average Bonchev–Trinajstić information content (AvgIpc) is 2.64. The summed E-state index contributed by atoms with van der Waals surface area (Å²) in [7, 11) is 1.55. The lowest BCUT2D eigenvalue weighted by Gasteiger charge is -2.10. The SMILES string of the molecule is COc1ccccc1OCC(=O)N/N=C(/C)c1ccc(OC(C)C)cc1. The Balaban J connectivity index is 1.88. The number of amides is 1. The smallest absolute Gasteiger partial charge is 0.277 e. The predicted octanol–water partition coefficient (Wildman–Crippen LogP) is 3.40. The number of para-hydroxylation sites is 2. The summed E-state index contributed by atoms with van der Waals surface area (Å²) in [6, 6.07) is 14.7. The van der Waals surface area contributed by atoms with Crippen molar-refractivity contribution in [2.75, 3.05) is 13.7 Å². The monoisotopic (exact) mass is 356 g/mol. The van der Waals surface area contributed by atoms with Crippen LogP contribution in [-0.2, 0) is 4.79 Å². The Morgan fingerprint density at radius 2 is 1.73 bits per heavy atom. The minimum Gasteiger partial charge on any atom is -0.493 e. The molecular weight excluding hydrogens is 332 g/mol. The first-order valence-corrected chi connectivity index (χ1v) is 8.35. The molecule has 2 aromatic carbocycles. The van der Waals surface area contributed by atoms with E-state index in [1.54, 1.807) is 19.2 Å². The van der Waals surface area contributed by atoms with Crippen molar-refractivity contribution < 1.29 is 19.0 Å². The Kier molecular flexibility index (Phi) is 7.02. The van der Waals surface area contributed by atoms with Crippen LogP contribution in [0.1, 0.15) is 26.3 Å². The van der Waals surface area contributed by atoms with Gasteiger partial charge in [-0.25, -0.2) is 5.43 Å². The highest BCUT2D eigenvalue weighted by Gasteiger charge is 2.07. The lowest BCUT2D eigenvalue weighted by Crippen LogP contribution is -2.25. The number of nitrogens with one attached hydrogen (secondary N) is 1. The molecule has 1 N–H and O–H groups in total. The molecule has 0 radical (unpaired) electrons. The van der Waals surface area contributed by atoms with Crippen molar-refractivity contribution in [3.8, 4) is 17.2 Å². The molecule has 0 atom stereocenters. The van der Waals surface area contributed by atoms with Crippen LogP contribution in [0.15, 0.2) is 53.6 Å². The molecule has 1 amide bonds. The van der Waals surface area contributed by atoms with Crippen molar-refractivity contribution in [2.45, 2.75) is 26.9 Å². The number of hydrogen-bond donors (Lipinski definition) is 1. The quantitative estimate of drug-likeness (QED) is 0.581. The summed E-state index contributed by atoms with van der Waals surface area (Å²) in [6.07, 6.45) is 0.123. The molecule has 0 aliphatic heterocycles. The Labute approximate surface area is 153 Å². The van der Waals surface area contributed by atoms with Crippen LogP contribution in [-0.4, -0.2) is 31.4 Å². The molecule has 0 spiro atoms. The molecular formula is C20H24N2O4. The van der Waals surface area contributed by atoms with Gasteiger partial charge in [-0.3, -0.25) is 4.79 Å². The van der Waals surface area contributed by atoms with E-state index in [-0.39, 0.29) is 18.6 Å². The number of methoxy groups -OCH3 is 1. The second-order valence-electron chi connectivity index (χ2n) is 5.86. The largest absolute Gasteiger partial charge is 0.493 e. The van der Waals surface area contributed by atoms with Gasteiger partial charge in [0.05, 0.1) is 18.9 Å². The van der Waals surface area contributed by atoms with Crippen LogP contribution in [0.3, 0.4) is 0 Å². The molecule has 0 fully saturated rings.